The van der Waals surface area contributed by atoms with Gasteiger partial charge in [-0.25, -0.2) is 0 Å². The van der Waals surface area contributed by atoms with Crippen LogP contribution in [0, 0.1) is 27.7 Å². The summed E-state index contributed by atoms with van der Waals surface area (Å²) in [6.07, 6.45) is 0.743. The second kappa shape index (κ2) is 14.7. The van der Waals surface area contributed by atoms with Gasteiger partial charge in [0.25, 0.3) is 0 Å². The molecule has 0 spiro atoms. The van der Waals surface area contributed by atoms with E-state index in [2.05, 4.69) is 234 Å². The highest BCUT2D eigenvalue weighted by atomic mass is 15.2. The summed E-state index contributed by atoms with van der Waals surface area (Å²) in [5, 5.41) is 7.63. The van der Waals surface area contributed by atoms with Gasteiger partial charge in [-0.1, -0.05) is 154 Å². The highest BCUT2D eigenvalue weighted by Crippen LogP contribution is 2.53. The number of fused-ring (bicyclic) bond motifs is 6. The van der Waals surface area contributed by atoms with Crippen LogP contribution in [0.2, 0.25) is 0 Å². The Labute approximate surface area is 372 Å². The van der Waals surface area contributed by atoms with E-state index in [4.69, 9.17) is 0 Å². The molecule has 0 radical (unpaired) electrons. The SMILES string of the molecule is Cc1cccc(C)c1-c1ccc2c(c1)N(c1ccccc1)c1cc(c3ccc4cc(C(C)(C)C)cc5ccc1c3c54)N(c1ccccc1)c1cc(-c3c(C)cccc3C)ccc1C2. The maximum absolute atomic E-state index is 2.56. The van der Waals surface area contributed by atoms with Crippen LogP contribution in [-0.2, 0) is 11.8 Å². The van der Waals surface area contributed by atoms with Gasteiger partial charge in [0.2, 0.25) is 0 Å². The molecule has 1 aliphatic heterocycles. The fourth-order valence-electron chi connectivity index (χ4n) is 10.6. The minimum absolute atomic E-state index is 0.0136. The maximum Gasteiger partial charge on any atom is 0.0561 e. The molecule has 63 heavy (non-hydrogen) atoms. The molecule has 0 unspecified atom stereocenters. The fraction of sp³-hybridized carbons (Fsp3) is 0.148. The molecule has 0 saturated carbocycles. The van der Waals surface area contributed by atoms with Gasteiger partial charge in [0.15, 0.2) is 0 Å². The van der Waals surface area contributed by atoms with E-state index >= 15 is 0 Å². The van der Waals surface area contributed by atoms with Crippen LogP contribution in [0.5, 0.6) is 0 Å². The monoisotopic (exact) mass is 812 g/mol. The molecule has 2 heteroatoms. The molecule has 1 aliphatic rings. The largest absolute Gasteiger partial charge is 0.309 e. The first-order valence-electron chi connectivity index (χ1n) is 22.4. The number of benzene rings is 10. The fourth-order valence-corrected chi connectivity index (χ4v) is 10.6. The molecule has 0 aliphatic carbocycles. The third kappa shape index (κ3) is 6.39. The molecule has 10 aromatic carbocycles. The first-order valence-corrected chi connectivity index (χ1v) is 22.4. The Hall–Kier alpha value is -7.16. The van der Waals surface area contributed by atoms with Crippen molar-refractivity contribution in [2.45, 2.75) is 60.3 Å². The van der Waals surface area contributed by atoms with Gasteiger partial charge < -0.3 is 9.80 Å². The van der Waals surface area contributed by atoms with Crippen molar-refractivity contribution in [1.29, 1.82) is 0 Å². The smallest absolute Gasteiger partial charge is 0.0561 e. The second-order valence-corrected chi connectivity index (χ2v) is 18.8. The lowest BCUT2D eigenvalue weighted by atomic mass is 9.83. The van der Waals surface area contributed by atoms with E-state index in [0.717, 1.165) is 29.2 Å². The van der Waals surface area contributed by atoms with Crippen LogP contribution in [0.3, 0.4) is 0 Å². The molecule has 306 valence electrons. The third-order valence-electron chi connectivity index (χ3n) is 13.6. The van der Waals surface area contributed by atoms with Crippen molar-refractivity contribution in [2.24, 2.45) is 0 Å². The van der Waals surface area contributed by atoms with Crippen LogP contribution in [0.1, 0.15) is 59.7 Å². The summed E-state index contributed by atoms with van der Waals surface area (Å²) in [5.41, 5.74) is 21.0. The van der Waals surface area contributed by atoms with Gasteiger partial charge in [-0.2, -0.15) is 0 Å². The van der Waals surface area contributed by atoms with Gasteiger partial charge in [0, 0.05) is 34.0 Å². The molecule has 0 fully saturated rings. The number of hydrogen-bond donors (Lipinski definition) is 0. The number of nitrogens with zero attached hydrogens (tertiary/aromatic N) is 2. The number of aryl methyl sites for hydroxylation is 4. The van der Waals surface area contributed by atoms with Crippen molar-refractivity contribution in [3.63, 3.8) is 0 Å². The van der Waals surface area contributed by atoms with E-state index in [9.17, 15) is 0 Å². The molecule has 0 atom stereocenters. The van der Waals surface area contributed by atoms with Gasteiger partial charge in [0.05, 0.1) is 22.7 Å². The van der Waals surface area contributed by atoms with Gasteiger partial charge in [-0.05, 0) is 153 Å². The summed E-state index contributed by atoms with van der Waals surface area (Å²) in [4.78, 5) is 5.11. The molecule has 11 rings (SSSR count). The molecule has 0 aromatic heterocycles. The minimum atomic E-state index is 0.0136. The number of rotatable bonds is 4. The van der Waals surface area contributed by atoms with Crippen LogP contribution in [0.25, 0.3) is 54.6 Å². The number of para-hydroxylation sites is 2. The van der Waals surface area contributed by atoms with E-state index in [-0.39, 0.29) is 5.41 Å². The summed E-state index contributed by atoms with van der Waals surface area (Å²) < 4.78 is 0. The van der Waals surface area contributed by atoms with Crippen molar-refractivity contribution in [3.8, 4) is 22.3 Å². The first kappa shape index (κ1) is 38.7. The summed E-state index contributed by atoms with van der Waals surface area (Å²) in [6.45, 7) is 15.9. The molecule has 10 aromatic rings. The second-order valence-electron chi connectivity index (χ2n) is 18.8. The Balaban J connectivity index is 1.33. The average Bonchev–Trinajstić information content (AvgIpc) is 3.27. The standard InChI is InChI=1S/C61H52N2/c1-38-16-14-17-39(2)57(38)46-26-24-42-32-43-25-27-47(58-40(3)18-15-19-41(58)4)36-54(43)63(50-22-12-9-13-23-50)56-37-55(62(53(42)35-46)49-20-10-8-11-21-49)51-30-28-44-33-48(61(5,6)7)34-45-29-31-52(56)60(51)59(44)45/h8-31,33-37H,32H2,1-7H3. The molecule has 0 saturated heterocycles. The van der Waals surface area contributed by atoms with Crippen LogP contribution in [0.4, 0.5) is 34.1 Å². The average molecular weight is 813 g/mol. The lowest BCUT2D eigenvalue weighted by Gasteiger charge is -2.36. The summed E-state index contributed by atoms with van der Waals surface area (Å²) >= 11 is 0. The molecule has 0 N–H and O–H groups in total. The molecular weight excluding hydrogens is 761 g/mol. The first-order chi connectivity index (χ1) is 30.5. The van der Waals surface area contributed by atoms with E-state index in [1.165, 1.54) is 105 Å². The van der Waals surface area contributed by atoms with Crippen molar-refractivity contribution >= 4 is 66.4 Å². The molecule has 2 nitrogen and oxygen atoms in total. The zero-order valence-corrected chi connectivity index (χ0v) is 37.3. The maximum atomic E-state index is 2.56. The zero-order chi connectivity index (χ0) is 43.1. The highest BCUT2D eigenvalue weighted by molar-refractivity contribution is 6.29. The lowest BCUT2D eigenvalue weighted by molar-refractivity contribution is 0.591. The van der Waals surface area contributed by atoms with Crippen LogP contribution < -0.4 is 9.80 Å². The molecule has 2 bridgehead atoms. The molecular formula is C61H52N2. The van der Waals surface area contributed by atoms with Crippen LogP contribution in [-0.4, -0.2) is 0 Å². The van der Waals surface area contributed by atoms with Crippen molar-refractivity contribution in [1.82, 2.24) is 0 Å². The van der Waals surface area contributed by atoms with Crippen LogP contribution in [0.15, 0.2) is 176 Å². The topological polar surface area (TPSA) is 6.48 Å². The van der Waals surface area contributed by atoms with Gasteiger partial charge in [-0.15, -0.1) is 0 Å². The Morgan fingerprint density at radius 3 is 1.22 bits per heavy atom. The van der Waals surface area contributed by atoms with Gasteiger partial charge in [-0.3, -0.25) is 0 Å². The van der Waals surface area contributed by atoms with E-state index < -0.39 is 0 Å². The van der Waals surface area contributed by atoms with E-state index in [1.54, 1.807) is 0 Å². The van der Waals surface area contributed by atoms with Gasteiger partial charge >= 0.3 is 0 Å². The predicted octanol–water partition coefficient (Wildman–Crippen LogP) is 17.3. The van der Waals surface area contributed by atoms with Gasteiger partial charge in [0.1, 0.15) is 0 Å². The predicted molar refractivity (Wildman–Crippen MR) is 271 cm³/mol. The van der Waals surface area contributed by atoms with E-state index in [0.29, 0.717) is 0 Å². The highest BCUT2D eigenvalue weighted by Gasteiger charge is 2.29. The zero-order valence-electron chi connectivity index (χ0n) is 37.3. The van der Waals surface area contributed by atoms with Crippen molar-refractivity contribution in [2.75, 3.05) is 9.80 Å². The number of hydrogen-bond acceptors (Lipinski definition) is 2. The summed E-state index contributed by atoms with van der Waals surface area (Å²) in [7, 11) is 0. The molecule has 1 heterocycles. The van der Waals surface area contributed by atoms with Crippen LogP contribution >= 0.6 is 0 Å². The minimum Gasteiger partial charge on any atom is -0.309 e. The van der Waals surface area contributed by atoms with E-state index in [1.807, 2.05) is 0 Å². The van der Waals surface area contributed by atoms with Crippen molar-refractivity contribution in [3.05, 3.63) is 215 Å². The summed E-state index contributed by atoms with van der Waals surface area (Å²) in [6, 6.07) is 66.6. The molecule has 0 amide bonds. The van der Waals surface area contributed by atoms with Crippen molar-refractivity contribution < 1.29 is 0 Å². The Morgan fingerprint density at radius 2 is 0.810 bits per heavy atom. The quantitative estimate of drug-likeness (QED) is 0.163. The third-order valence-corrected chi connectivity index (χ3v) is 13.6. The Bertz CT molecular complexity index is 3140. The Morgan fingerprint density at radius 1 is 0.381 bits per heavy atom. The normalized spacial score (nSPS) is 12.9. The Kier molecular flexibility index (Phi) is 9.07. The lowest BCUT2D eigenvalue weighted by Crippen LogP contribution is -2.18. The number of anilines is 6. The summed E-state index contributed by atoms with van der Waals surface area (Å²) in [5.74, 6) is 0.